The third-order valence-corrected chi connectivity index (χ3v) is 4.55. The van der Waals surface area contributed by atoms with Crippen LogP contribution in [0.3, 0.4) is 0 Å². The number of sulfonamides is 1. The van der Waals surface area contributed by atoms with Gasteiger partial charge in [0.25, 0.3) is 0 Å². The zero-order chi connectivity index (χ0) is 14.5. The van der Waals surface area contributed by atoms with Crippen molar-refractivity contribution in [3.05, 3.63) is 23.8 Å². The number of likely N-dealkylation sites (N-methyl/N-ethyl adjacent to an activating group) is 2. The topological polar surface area (TPSA) is 82.4 Å². The van der Waals surface area contributed by atoms with Crippen molar-refractivity contribution in [1.82, 2.24) is 9.62 Å². The molecule has 7 heteroatoms. The Morgan fingerprint density at radius 2 is 2.16 bits per heavy atom. The van der Waals surface area contributed by atoms with Crippen molar-refractivity contribution in [1.29, 1.82) is 5.26 Å². The summed E-state index contributed by atoms with van der Waals surface area (Å²) in [4.78, 5) is 0.0626. The van der Waals surface area contributed by atoms with Gasteiger partial charge in [0.2, 0.25) is 10.0 Å². The predicted molar refractivity (Wildman–Crippen MR) is 71.5 cm³/mol. The van der Waals surface area contributed by atoms with Gasteiger partial charge in [0.15, 0.2) is 0 Å². The van der Waals surface area contributed by atoms with Gasteiger partial charge < -0.3 is 10.1 Å². The number of ether oxygens (including phenoxy) is 1. The van der Waals surface area contributed by atoms with E-state index in [0.29, 0.717) is 18.7 Å². The first-order valence-corrected chi connectivity index (χ1v) is 7.10. The van der Waals surface area contributed by atoms with Gasteiger partial charge in [-0.25, -0.2) is 8.42 Å². The first-order valence-electron chi connectivity index (χ1n) is 5.66. The van der Waals surface area contributed by atoms with E-state index in [-0.39, 0.29) is 10.6 Å². The molecule has 0 bridgehead atoms. The Morgan fingerprint density at radius 3 is 2.68 bits per heavy atom. The summed E-state index contributed by atoms with van der Waals surface area (Å²) in [5.41, 5.74) is 0.355. The normalized spacial score (nSPS) is 11.3. The van der Waals surface area contributed by atoms with Crippen molar-refractivity contribution in [2.75, 3.05) is 34.3 Å². The van der Waals surface area contributed by atoms with E-state index in [4.69, 9.17) is 10.00 Å². The minimum absolute atomic E-state index is 0.0626. The van der Waals surface area contributed by atoms with E-state index in [1.807, 2.05) is 6.07 Å². The summed E-state index contributed by atoms with van der Waals surface area (Å²) < 4.78 is 31.0. The van der Waals surface area contributed by atoms with Gasteiger partial charge in [-0.1, -0.05) is 0 Å². The first-order chi connectivity index (χ1) is 8.97. The van der Waals surface area contributed by atoms with Crippen molar-refractivity contribution in [3.8, 4) is 11.8 Å². The molecule has 0 aliphatic heterocycles. The van der Waals surface area contributed by atoms with Crippen LogP contribution in [0.5, 0.6) is 5.75 Å². The molecule has 0 saturated heterocycles. The van der Waals surface area contributed by atoms with Crippen LogP contribution in [-0.2, 0) is 10.0 Å². The molecule has 1 rings (SSSR count). The fourth-order valence-corrected chi connectivity index (χ4v) is 2.81. The van der Waals surface area contributed by atoms with Crippen LogP contribution >= 0.6 is 0 Å². The Bertz CT molecular complexity index is 578. The third-order valence-electron chi connectivity index (χ3n) is 2.66. The molecule has 0 fully saturated rings. The second kappa shape index (κ2) is 6.52. The highest BCUT2D eigenvalue weighted by Gasteiger charge is 2.24. The number of nitrogens with one attached hydrogen (secondary N) is 1. The maximum absolute atomic E-state index is 12.4. The highest BCUT2D eigenvalue weighted by atomic mass is 32.2. The van der Waals surface area contributed by atoms with Crippen LogP contribution in [0.2, 0.25) is 0 Å². The number of rotatable bonds is 6. The highest BCUT2D eigenvalue weighted by molar-refractivity contribution is 7.89. The maximum Gasteiger partial charge on any atom is 0.246 e. The van der Waals surface area contributed by atoms with E-state index in [1.165, 1.54) is 36.7 Å². The molecule has 0 radical (unpaired) electrons. The third kappa shape index (κ3) is 3.44. The monoisotopic (exact) mass is 283 g/mol. The van der Waals surface area contributed by atoms with Gasteiger partial charge in [0.05, 0.1) is 18.7 Å². The standard InChI is InChI=1S/C12H17N3O3S/c1-14-6-7-15(2)19(16,17)12-5-4-10(9-13)8-11(12)18-3/h4-5,8,14H,6-7H2,1-3H3. The van der Waals surface area contributed by atoms with Crippen molar-refractivity contribution < 1.29 is 13.2 Å². The van der Waals surface area contributed by atoms with Crippen molar-refractivity contribution in [3.63, 3.8) is 0 Å². The van der Waals surface area contributed by atoms with Gasteiger partial charge in [-0.2, -0.15) is 9.57 Å². The number of benzene rings is 1. The Labute approximate surface area is 113 Å². The quantitative estimate of drug-likeness (QED) is 0.817. The van der Waals surface area contributed by atoms with Crippen molar-refractivity contribution in [2.45, 2.75) is 4.90 Å². The van der Waals surface area contributed by atoms with E-state index in [1.54, 1.807) is 7.05 Å². The summed E-state index contributed by atoms with van der Waals surface area (Å²) in [7, 11) is 1.02. The molecule has 6 nitrogen and oxygen atoms in total. The average Bonchev–Trinajstić information content (AvgIpc) is 2.43. The van der Waals surface area contributed by atoms with E-state index in [0.717, 1.165) is 0 Å². The number of hydrogen-bond acceptors (Lipinski definition) is 5. The van der Waals surface area contributed by atoms with Crippen LogP contribution in [0.1, 0.15) is 5.56 Å². The lowest BCUT2D eigenvalue weighted by Crippen LogP contribution is -2.33. The molecule has 0 unspecified atom stereocenters. The molecule has 0 aliphatic carbocycles. The lowest BCUT2D eigenvalue weighted by atomic mass is 10.2. The lowest BCUT2D eigenvalue weighted by molar-refractivity contribution is 0.398. The summed E-state index contributed by atoms with van der Waals surface area (Å²) in [5, 5.41) is 11.7. The zero-order valence-electron chi connectivity index (χ0n) is 11.2. The predicted octanol–water partition coefficient (Wildman–Crippen LogP) is 0.407. The van der Waals surface area contributed by atoms with Crippen LogP contribution in [-0.4, -0.2) is 47.0 Å². The summed E-state index contributed by atoms with van der Waals surface area (Å²) in [6.45, 7) is 0.899. The summed E-state index contributed by atoms with van der Waals surface area (Å²) in [6, 6.07) is 6.21. The van der Waals surface area contributed by atoms with Crippen LogP contribution in [0.25, 0.3) is 0 Å². The number of nitrogens with zero attached hydrogens (tertiary/aromatic N) is 2. The molecule has 0 saturated carbocycles. The molecule has 0 amide bonds. The first kappa shape index (κ1) is 15.4. The fourth-order valence-electron chi connectivity index (χ4n) is 1.51. The summed E-state index contributed by atoms with van der Waals surface area (Å²) in [6.07, 6.45) is 0. The number of nitriles is 1. The van der Waals surface area contributed by atoms with Crippen molar-refractivity contribution in [2.24, 2.45) is 0 Å². The second-order valence-corrected chi connectivity index (χ2v) is 5.92. The van der Waals surface area contributed by atoms with Crippen molar-refractivity contribution >= 4 is 10.0 Å². The van der Waals surface area contributed by atoms with Gasteiger partial charge in [0.1, 0.15) is 10.6 Å². The minimum Gasteiger partial charge on any atom is -0.495 e. The second-order valence-electron chi connectivity index (χ2n) is 3.91. The van der Waals surface area contributed by atoms with E-state index in [2.05, 4.69) is 5.32 Å². The average molecular weight is 283 g/mol. The van der Waals surface area contributed by atoms with Crippen LogP contribution in [0.15, 0.2) is 23.1 Å². The Hall–Kier alpha value is -1.62. The molecule has 104 valence electrons. The van der Waals surface area contributed by atoms with Crippen LogP contribution < -0.4 is 10.1 Å². The minimum atomic E-state index is -3.62. The molecule has 0 heterocycles. The SMILES string of the molecule is CNCCN(C)S(=O)(=O)c1ccc(C#N)cc1OC. The zero-order valence-corrected chi connectivity index (χ0v) is 12.0. The molecular formula is C12H17N3O3S. The molecule has 0 atom stereocenters. The molecular weight excluding hydrogens is 266 g/mol. The van der Waals surface area contributed by atoms with Gasteiger partial charge in [-0.05, 0) is 25.2 Å². The van der Waals surface area contributed by atoms with Gasteiger partial charge >= 0.3 is 0 Å². The van der Waals surface area contributed by atoms with Crippen LogP contribution in [0.4, 0.5) is 0 Å². The highest BCUT2D eigenvalue weighted by Crippen LogP contribution is 2.26. The number of methoxy groups -OCH3 is 1. The smallest absolute Gasteiger partial charge is 0.246 e. The molecule has 0 aliphatic rings. The largest absolute Gasteiger partial charge is 0.495 e. The Kier molecular flexibility index (Phi) is 5.30. The molecule has 1 aromatic carbocycles. The van der Waals surface area contributed by atoms with E-state index < -0.39 is 10.0 Å². The fraction of sp³-hybridized carbons (Fsp3) is 0.417. The van der Waals surface area contributed by atoms with Gasteiger partial charge in [-0.15, -0.1) is 0 Å². The Morgan fingerprint density at radius 1 is 1.47 bits per heavy atom. The Balaban J connectivity index is 3.18. The maximum atomic E-state index is 12.4. The summed E-state index contributed by atoms with van der Waals surface area (Å²) in [5.74, 6) is 0.176. The molecule has 1 N–H and O–H groups in total. The molecule has 19 heavy (non-hydrogen) atoms. The van der Waals surface area contributed by atoms with Gasteiger partial charge in [-0.3, -0.25) is 0 Å². The molecule has 1 aromatic rings. The molecule has 0 aromatic heterocycles. The van der Waals surface area contributed by atoms with Gasteiger partial charge in [0, 0.05) is 20.1 Å². The summed E-state index contributed by atoms with van der Waals surface area (Å²) >= 11 is 0. The van der Waals surface area contributed by atoms with E-state index >= 15 is 0 Å². The van der Waals surface area contributed by atoms with Crippen LogP contribution in [0, 0.1) is 11.3 Å². The number of hydrogen-bond donors (Lipinski definition) is 1. The lowest BCUT2D eigenvalue weighted by Gasteiger charge is -2.18. The molecule has 0 spiro atoms. The van der Waals surface area contributed by atoms with E-state index in [9.17, 15) is 8.42 Å².